The minimum absolute atomic E-state index is 0.0388. The molecule has 1 aliphatic carbocycles. The SMILES string of the molecule is CC(=O)N(c1ccccc1)c1nc(COC(=O)c2ccccc2NCCC2=CCCCC2)cs1. The number of hydrogen-bond donors (Lipinski definition) is 1. The molecule has 3 aromatic rings. The van der Waals surface area contributed by atoms with Crippen LogP contribution in [-0.4, -0.2) is 23.4 Å². The zero-order chi connectivity index (χ0) is 23.8. The van der Waals surface area contributed by atoms with Crippen molar-refractivity contribution in [1.82, 2.24) is 4.98 Å². The molecule has 0 saturated heterocycles. The van der Waals surface area contributed by atoms with E-state index in [9.17, 15) is 9.59 Å². The number of hydrogen-bond acceptors (Lipinski definition) is 6. The van der Waals surface area contributed by atoms with E-state index in [1.165, 1.54) is 49.5 Å². The number of nitrogens with one attached hydrogen (secondary N) is 1. The normalized spacial score (nSPS) is 13.1. The highest BCUT2D eigenvalue weighted by molar-refractivity contribution is 7.14. The second kappa shape index (κ2) is 11.6. The lowest BCUT2D eigenvalue weighted by Gasteiger charge is -2.17. The Morgan fingerprint density at radius 1 is 1.09 bits per heavy atom. The van der Waals surface area contributed by atoms with Crippen molar-refractivity contribution < 1.29 is 14.3 Å². The Kier molecular flexibility index (Phi) is 8.09. The highest BCUT2D eigenvalue weighted by atomic mass is 32.1. The minimum atomic E-state index is -0.402. The Morgan fingerprint density at radius 3 is 2.65 bits per heavy atom. The van der Waals surface area contributed by atoms with Gasteiger partial charge in [0.25, 0.3) is 0 Å². The molecule has 1 amide bonds. The van der Waals surface area contributed by atoms with E-state index in [1.807, 2.05) is 53.9 Å². The zero-order valence-electron chi connectivity index (χ0n) is 19.3. The summed E-state index contributed by atoms with van der Waals surface area (Å²) in [5, 5.41) is 5.74. The zero-order valence-corrected chi connectivity index (χ0v) is 20.1. The average molecular weight is 476 g/mol. The maximum Gasteiger partial charge on any atom is 0.340 e. The van der Waals surface area contributed by atoms with Gasteiger partial charge < -0.3 is 10.1 Å². The summed E-state index contributed by atoms with van der Waals surface area (Å²) in [4.78, 5) is 31.1. The number of allylic oxidation sites excluding steroid dienone is 1. The lowest BCUT2D eigenvalue weighted by Crippen LogP contribution is -2.22. The van der Waals surface area contributed by atoms with Crippen molar-refractivity contribution in [3.8, 4) is 0 Å². The van der Waals surface area contributed by atoms with Crippen LogP contribution in [0.4, 0.5) is 16.5 Å². The predicted octanol–water partition coefficient (Wildman–Crippen LogP) is 6.49. The Morgan fingerprint density at radius 2 is 1.88 bits per heavy atom. The molecule has 7 heteroatoms. The number of carbonyl (C=O) groups is 2. The molecule has 0 fully saturated rings. The fourth-order valence-corrected chi connectivity index (χ4v) is 4.86. The number of thiazole rings is 1. The van der Waals surface area contributed by atoms with Crippen molar-refractivity contribution in [3.05, 3.63) is 82.9 Å². The van der Waals surface area contributed by atoms with Crippen molar-refractivity contribution in [2.24, 2.45) is 0 Å². The van der Waals surface area contributed by atoms with Crippen LogP contribution in [0.5, 0.6) is 0 Å². The Balaban J connectivity index is 1.36. The number of aromatic nitrogens is 1. The van der Waals surface area contributed by atoms with Gasteiger partial charge >= 0.3 is 5.97 Å². The van der Waals surface area contributed by atoms with E-state index >= 15 is 0 Å². The van der Waals surface area contributed by atoms with E-state index in [0.29, 0.717) is 16.4 Å². The number of anilines is 3. The fraction of sp³-hybridized carbons (Fsp3) is 0.296. The summed E-state index contributed by atoms with van der Waals surface area (Å²) < 4.78 is 5.56. The van der Waals surface area contributed by atoms with Crippen LogP contribution in [0, 0.1) is 0 Å². The quantitative estimate of drug-likeness (QED) is 0.283. The number of carbonyl (C=O) groups excluding carboxylic acids is 2. The molecule has 0 unspecified atom stereocenters. The Bertz CT molecular complexity index is 1160. The summed E-state index contributed by atoms with van der Waals surface area (Å²) in [5.41, 5.74) is 4.12. The van der Waals surface area contributed by atoms with Crippen molar-refractivity contribution in [3.63, 3.8) is 0 Å². The fourth-order valence-electron chi connectivity index (χ4n) is 3.99. The summed E-state index contributed by atoms with van der Waals surface area (Å²) in [7, 11) is 0. The first-order chi connectivity index (χ1) is 16.6. The van der Waals surface area contributed by atoms with Crippen LogP contribution in [0.15, 0.2) is 71.6 Å². The van der Waals surface area contributed by atoms with Crippen molar-refractivity contribution >= 4 is 39.7 Å². The Labute approximate surface area is 204 Å². The highest BCUT2D eigenvalue weighted by Gasteiger charge is 2.19. The molecule has 0 spiro atoms. The standard InChI is InChI=1S/C27H29N3O3S/c1-20(31)30(23-12-6-3-7-13-23)27-29-22(19-34-27)18-33-26(32)24-14-8-9-15-25(24)28-17-16-21-10-4-2-5-11-21/h3,6-10,12-15,19,28H,2,4-5,11,16-18H2,1H3. The van der Waals surface area contributed by atoms with E-state index in [0.717, 1.165) is 24.3 Å². The summed E-state index contributed by atoms with van der Waals surface area (Å²) in [6.45, 7) is 2.33. The maximum atomic E-state index is 12.8. The molecule has 34 heavy (non-hydrogen) atoms. The summed E-state index contributed by atoms with van der Waals surface area (Å²) in [6.07, 6.45) is 8.23. The average Bonchev–Trinajstić information content (AvgIpc) is 3.32. The molecule has 6 nitrogen and oxygen atoms in total. The van der Waals surface area contributed by atoms with E-state index in [-0.39, 0.29) is 12.5 Å². The molecule has 1 aliphatic rings. The molecule has 1 aromatic heterocycles. The third-order valence-electron chi connectivity index (χ3n) is 5.70. The molecular weight excluding hydrogens is 446 g/mol. The topological polar surface area (TPSA) is 71.5 Å². The molecule has 0 atom stereocenters. The molecular formula is C27H29N3O3S. The predicted molar refractivity (Wildman–Crippen MR) is 137 cm³/mol. The lowest BCUT2D eigenvalue weighted by atomic mass is 9.97. The van der Waals surface area contributed by atoms with Crippen LogP contribution in [0.1, 0.15) is 55.1 Å². The monoisotopic (exact) mass is 475 g/mol. The molecule has 1 heterocycles. The number of rotatable bonds is 9. The van der Waals surface area contributed by atoms with Crippen molar-refractivity contribution in [1.29, 1.82) is 0 Å². The minimum Gasteiger partial charge on any atom is -0.455 e. The van der Waals surface area contributed by atoms with Gasteiger partial charge in [0.1, 0.15) is 6.61 Å². The number of esters is 1. The largest absolute Gasteiger partial charge is 0.455 e. The Hall–Kier alpha value is -3.45. The third kappa shape index (κ3) is 6.11. The number of para-hydroxylation sites is 2. The van der Waals surface area contributed by atoms with Gasteiger partial charge in [-0.25, -0.2) is 9.78 Å². The number of amides is 1. The second-order valence-corrected chi connectivity index (χ2v) is 9.05. The molecule has 0 saturated carbocycles. The van der Waals surface area contributed by atoms with Crippen LogP contribution in [0.25, 0.3) is 0 Å². The van der Waals surface area contributed by atoms with Crippen molar-refractivity contribution in [2.45, 2.75) is 45.6 Å². The van der Waals surface area contributed by atoms with E-state index in [4.69, 9.17) is 4.74 Å². The number of ether oxygens (including phenoxy) is 1. The number of nitrogens with zero attached hydrogens (tertiary/aromatic N) is 2. The van der Waals surface area contributed by atoms with Gasteiger partial charge in [-0.05, 0) is 56.4 Å². The van der Waals surface area contributed by atoms with Gasteiger partial charge in [0, 0.05) is 24.5 Å². The summed E-state index contributed by atoms with van der Waals surface area (Å²) in [6, 6.07) is 16.8. The van der Waals surface area contributed by atoms with Gasteiger partial charge in [-0.1, -0.05) is 42.0 Å². The van der Waals surface area contributed by atoms with Crippen LogP contribution in [-0.2, 0) is 16.1 Å². The first kappa shape index (κ1) is 23.7. The van der Waals surface area contributed by atoms with Gasteiger partial charge in [0.15, 0.2) is 5.13 Å². The van der Waals surface area contributed by atoms with Crippen LogP contribution < -0.4 is 10.2 Å². The van der Waals surface area contributed by atoms with E-state index in [1.54, 1.807) is 11.0 Å². The van der Waals surface area contributed by atoms with E-state index in [2.05, 4.69) is 16.4 Å². The molecule has 176 valence electrons. The molecule has 0 aliphatic heterocycles. The smallest absolute Gasteiger partial charge is 0.340 e. The first-order valence-corrected chi connectivity index (χ1v) is 12.5. The number of benzene rings is 2. The van der Waals surface area contributed by atoms with Crippen LogP contribution in [0.3, 0.4) is 0 Å². The highest BCUT2D eigenvalue weighted by Crippen LogP contribution is 2.29. The first-order valence-electron chi connectivity index (χ1n) is 11.6. The van der Waals surface area contributed by atoms with Crippen LogP contribution >= 0.6 is 11.3 Å². The van der Waals surface area contributed by atoms with Gasteiger partial charge in [0.2, 0.25) is 5.91 Å². The van der Waals surface area contributed by atoms with Gasteiger partial charge in [-0.15, -0.1) is 11.3 Å². The summed E-state index contributed by atoms with van der Waals surface area (Å²) >= 11 is 1.34. The van der Waals surface area contributed by atoms with Gasteiger partial charge in [-0.2, -0.15) is 0 Å². The molecule has 0 bridgehead atoms. The van der Waals surface area contributed by atoms with Crippen LogP contribution in [0.2, 0.25) is 0 Å². The second-order valence-electron chi connectivity index (χ2n) is 8.22. The van der Waals surface area contributed by atoms with Gasteiger partial charge in [-0.3, -0.25) is 9.69 Å². The third-order valence-corrected chi connectivity index (χ3v) is 6.58. The molecule has 1 N–H and O–H groups in total. The maximum absolute atomic E-state index is 12.8. The molecule has 4 rings (SSSR count). The summed E-state index contributed by atoms with van der Waals surface area (Å²) in [5.74, 6) is -0.533. The van der Waals surface area contributed by atoms with E-state index < -0.39 is 5.97 Å². The van der Waals surface area contributed by atoms with Crippen molar-refractivity contribution in [2.75, 3.05) is 16.8 Å². The molecule has 2 aromatic carbocycles. The molecule has 0 radical (unpaired) electrons. The van der Waals surface area contributed by atoms with Gasteiger partial charge in [0.05, 0.1) is 16.9 Å². The lowest BCUT2D eigenvalue weighted by molar-refractivity contribution is -0.115.